The molecule has 7 heteroatoms. The fraction of sp³-hybridized carbons (Fsp3) is 0.0417. The van der Waals surface area contributed by atoms with Gasteiger partial charge in [-0.15, -0.1) is 11.3 Å². The number of aryl methyl sites for hydroxylation is 1. The first-order valence-corrected chi connectivity index (χ1v) is 10.9. The van der Waals surface area contributed by atoms with Crippen LogP contribution in [0.4, 0.5) is 5.82 Å². The molecule has 152 valence electrons. The second kappa shape index (κ2) is 7.98. The van der Waals surface area contributed by atoms with Crippen molar-refractivity contribution in [2.75, 3.05) is 5.32 Å². The lowest BCUT2D eigenvalue weighted by Crippen LogP contribution is -2.15. The number of anilines is 1. The maximum atomic E-state index is 12.9. The first-order chi connectivity index (χ1) is 15.1. The number of amides is 1. The number of benzene rings is 3. The van der Waals surface area contributed by atoms with Crippen molar-refractivity contribution in [2.45, 2.75) is 6.92 Å². The van der Waals surface area contributed by atoms with Gasteiger partial charge in [0.05, 0.1) is 11.4 Å². The molecule has 0 bridgehead atoms. The van der Waals surface area contributed by atoms with Gasteiger partial charge in [-0.2, -0.15) is 9.78 Å². The Morgan fingerprint density at radius 2 is 1.77 bits per heavy atom. The number of rotatable bonds is 4. The highest BCUT2D eigenvalue weighted by atomic mass is 35.5. The van der Waals surface area contributed by atoms with Crippen LogP contribution in [0.2, 0.25) is 5.02 Å². The number of thiazole rings is 1. The van der Waals surface area contributed by atoms with E-state index in [4.69, 9.17) is 16.6 Å². The number of nitrogens with one attached hydrogen (secondary N) is 1. The van der Waals surface area contributed by atoms with Crippen molar-refractivity contribution in [3.05, 3.63) is 94.5 Å². The van der Waals surface area contributed by atoms with Crippen molar-refractivity contribution in [3.63, 3.8) is 0 Å². The Labute approximate surface area is 187 Å². The van der Waals surface area contributed by atoms with Crippen LogP contribution in [-0.4, -0.2) is 20.7 Å². The first-order valence-electron chi connectivity index (χ1n) is 9.65. The third-order valence-electron chi connectivity index (χ3n) is 4.90. The van der Waals surface area contributed by atoms with Crippen LogP contribution in [0.25, 0.3) is 27.2 Å². The number of hydrogen-bond donors (Lipinski definition) is 1. The normalized spacial score (nSPS) is 11.0. The standard InChI is InChI=1S/C24H17ClN4OS/c1-15-12-22(27-23(30)19-7-6-16-4-2-3-5-18(16)13-19)29(28-15)24-26-21(14-31-24)17-8-10-20(25)11-9-17/h2-14H,1H3,(H,27,30). The Balaban J connectivity index is 1.44. The van der Waals surface area contributed by atoms with E-state index in [0.29, 0.717) is 21.5 Å². The van der Waals surface area contributed by atoms with Gasteiger partial charge in [0, 0.05) is 27.6 Å². The van der Waals surface area contributed by atoms with E-state index in [1.807, 2.05) is 85.1 Å². The first kappa shape index (κ1) is 19.5. The summed E-state index contributed by atoms with van der Waals surface area (Å²) in [5.74, 6) is 0.383. The third kappa shape index (κ3) is 3.95. The summed E-state index contributed by atoms with van der Waals surface area (Å²) in [5, 5.41) is 12.9. The Hall–Kier alpha value is -3.48. The maximum absolute atomic E-state index is 12.9. The third-order valence-corrected chi connectivity index (χ3v) is 5.97. The lowest BCUT2D eigenvalue weighted by Gasteiger charge is -2.07. The second-order valence-electron chi connectivity index (χ2n) is 7.12. The number of fused-ring (bicyclic) bond motifs is 1. The molecule has 0 spiro atoms. The van der Waals surface area contributed by atoms with Crippen molar-refractivity contribution >= 4 is 45.4 Å². The quantitative estimate of drug-likeness (QED) is 0.350. The molecule has 0 saturated heterocycles. The van der Waals surface area contributed by atoms with E-state index in [1.54, 1.807) is 4.68 Å². The smallest absolute Gasteiger partial charge is 0.256 e. The molecule has 5 rings (SSSR count). The van der Waals surface area contributed by atoms with E-state index in [9.17, 15) is 4.79 Å². The molecule has 5 nitrogen and oxygen atoms in total. The van der Waals surface area contributed by atoms with Crippen molar-refractivity contribution < 1.29 is 4.79 Å². The summed E-state index contributed by atoms with van der Waals surface area (Å²) in [6.45, 7) is 1.88. The van der Waals surface area contributed by atoms with Crippen LogP contribution in [0.5, 0.6) is 0 Å². The second-order valence-corrected chi connectivity index (χ2v) is 8.39. The van der Waals surface area contributed by atoms with Crippen molar-refractivity contribution in [1.29, 1.82) is 0 Å². The minimum Gasteiger partial charge on any atom is -0.306 e. The van der Waals surface area contributed by atoms with Crippen LogP contribution in [-0.2, 0) is 0 Å². The van der Waals surface area contributed by atoms with Crippen LogP contribution in [0.15, 0.2) is 78.2 Å². The summed E-state index contributed by atoms with van der Waals surface area (Å²) in [4.78, 5) is 17.6. The molecule has 0 aliphatic rings. The molecule has 0 aliphatic carbocycles. The average Bonchev–Trinajstić information content (AvgIpc) is 3.40. The molecule has 0 unspecified atom stereocenters. The Kier molecular flexibility index (Phi) is 5.02. The highest BCUT2D eigenvalue weighted by Crippen LogP contribution is 2.27. The van der Waals surface area contributed by atoms with Crippen molar-refractivity contribution in [1.82, 2.24) is 14.8 Å². The molecule has 1 amide bonds. The van der Waals surface area contributed by atoms with Crippen molar-refractivity contribution in [3.8, 4) is 16.4 Å². The molecule has 0 saturated carbocycles. The molecular weight excluding hydrogens is 428 g/mol. The van der Waals surface area contributed by atoms with Gasteiger partial charge in [0.15, 0.2) is 0 Å². The zero-order valence-electron chi connectivity index (χ0n) is 16.5. The average molecular weight is 445 g/mol. The largest absolute Gasteiger partial charge is 0.306 e. The molecule has 5 aromatic rings. The van der Waals surface area contributed by atoms with Crippen LogP contribution < -0.4 is 5.32 Å². The lowest BCUT2D eigenvalue weighted by atomic mass is 10.1. The Bertz CT molecular complexity index is 1400. The SMILES string of the molecule is Cc1cc(NC(=O)c2ccc3ccccc3c2)n(-c2nc(-c3ccc(Cl)cc3)cs2)n1. The summed E-state index contributed by atoms with van der Waals surface area (Å²) in [5.41, 5.74) is 3.18. The van der Waals surface area contributed by atoms with Crippen molar-refractivity contribution in [2.24, 2.45) is 0 Å². The monoisotopic (exact) mass is 444 g/mol. The van der Waals surface area contributed by atoms with Gasteiger partial charge in [-0.25, -0.2) is 4.98 Å². The van der Waals surface area contributed by atoms with Gasteiger partial charge in [0.1, 0.15) is 5.82 Å². The molecule has 0 radical (unpaired) electrons. The van der Waals surface area contributed by atoms with Gasteiger partial charge in [0.25, 0.3) is 5.91 Å². The van der Waals surface area contributed by atoms with E-state index in [0.717, 1.165) is 27.7 Å². The Morgan fingerprint density at radius 3 is 2.58 bits per heavy atom. The van der Waals surface area contributed by atoms with E-state index >= 15 is 0 Å². The maximum Gasteiger partial charge on any atom is 0.256 e. The summed E-state index contributed by atoms with van der Waals surface area (Å²) in [7, 11) is 0. The molecule has 0 fully saturated rings. The van der Waals surface area contributed by atoms with Crippen LogP contribution in [0, 0.1) is 6.92 Å². The molecular formula is C24H17ClN4OS. The number of halogens is 1. The van der Waals surface area contributed by atoms with Gasteiger partial charge in [0.2, 0.25) is 5.13 Å². The molecule has 31 heavy (non-hydrogen) atoms. The minimum atomic E-state index is -0.193. The zero-order chi connectivity index (χ0) is 21.4. The van der Waals surface area contributed by atoms with Gasteiger partial charge >= 0.3 is 0 Å². The Morgan fingerprint density at radius 1 is 1.00 bits per heavy atom. The minimum absolute atomic E-state index is 0.193. The van der Waals surface area contributed by atoms with Crippen LogP contribution >= 0.6 is 22.9 Å². The van der Waals surface area contributed by atoms with E-state index in [2.05, 4.69) is 10.4 Å². The van der Waals surface area contributed by atoms with E-state index in [1.165, 1.54) is 11.3 Å². The highest BCUT2D eigenvalue weighted by Gasteiger charge is 2.15. The lowest BCUT2D eigenvalue weighted by molar-refractivity contribution is 0.102. The van der Waals surface area contributed by atoms with Gasteiger partial charge in [-0.05, 0) is 42.0 Å². The summed E-state index contributed by atoms with van der Waals surface area (Å²) >= 11 is 7.44. The molecule has 1 N–H and O–H groups in total. The fourth-order valence-corrected chi connectivity index (χ4v) is 4.29. The molecule has 2 aromatic heterocycles. The van der Waals surface area contributed by atoms with Gasteiger partial charge in [-0.3, -0.25) is 4.79 Å². The summed E-state index contributed by atoms with van der Waals surface area (Å²) in [6.07, 6.45) is 0. The molecule has 0 aliphatic heterocycles. The summed E-state index contributed by atoms with van der Waals surface area (Å²) in [6, 6.07) is 23.0. The number of nitrogens with zero attached hydrogens (tertiary/aromatic N) is 3. The van der Waals surface area contributed by atoms with Gasteiger partial charge in [-0.1, -0.05) is 54.1 Å². The summed E-state index contributed by atoms with van der Waals surface area (Å²) < 4.78 is 1.67. The van der Waals surface area contributed by atoms with E-state index < -0.39 is 0 Å². The predicted octanol–water partition coefficient (Wildman–Crippen LogP) is 6.36. The number of aromatic nitrogens is 3. The fourth-order valence-electron chi connectivity index (χ4n) is 3.37. The van der Waals surface area contributed by atoms with E-state index in [-0.39, 0.29) is 5.91 Å². The molecule has 3 aromatic carbocycles. The van der Waals surface area contributed by atoms with Gasteiger partial charge < -0.3 is 5.32 Å². The molecule has 2 heterocycles. The highest BCUT2D eigenvalue weighted by molar-refractivity contribution is 7.12. The molecule has 0 atom stereocenters. The number of carbonyl (C=O) groups is 1. The zero-order valence-corrected chi connectivity index (χ0v) is 18.1. The topological polar surface area (TPSA) is 59.8 Å². The number of carbonyl (C=O) groups excluding carboxylic acids is 1. The van der Waals surface area contributed by atoms with Crippen LogP contribution in [0.1, 0.15) is 16.1 Å². The van der Waals surface area contributed by atoms with Crippen LogP contribution in [0.3, 0.4) is 0 Å². The predicted molar refractivity (Wildman–Crippen MR) is 126 cm³/mol. The number of hydrogen-bond acceptors (Lipinski definition) is 4.